The highest BCUT2D eigenvalue weighted by Gasteiger charge is 2.76. The van der Waals surface area contributed by atoms with Crippen LogP contribution in [-0.2, 0) is 19.2 Å². The first-order valence-corrected chi connectivity index (χ1v) is 13.5. The number of benzene rings is 1. The third-order valence-corrected chi connectivity index (χ3v) is 9.88. The number of phenols is 1. The zero-order valence-electron chi connectivity index (χ0n) is 19.6. The summed E-state index contributed by atoms with van der Waals surface area (Å²) in [5.74, 6) is -7.73. The molecule has 0 spiro atoms. The molecular weight excluding hydrogens is 620 g/mol. The van der Waals surface area contributed by atoms with Crippen molar-refractivity contribution < 1.29 is 42.2 Å². The number of carbonyl (C=O) groups excluding carboxylic acids is 4. The van der Waals surface area contributed by atoms with Gasteiger partial charge >= 0.3 is 6.36 Å². The number of hydrogen-bond donors (Lipinski definition) is 1. The van der Waals surface area contributed by atoms with Gasteiger partial charge in [-0.25, -0.2) is 0 Å². The molecule has 204 valence electrons. The fourth-order valence-electron chi connectivity index (χ4n) is 6.44. The molecular formula is C24H20BrCl2F3N2O6. The maximum atomic E-state index is 13.6. The van der Waals surface area contributed by atoms with Gasteiger partial charge in [0.25, 0.3) is 11.8 Å². The number of aromatic hydroxyl groups is 1. The van der Waals surface area contributed by atoms with E-state index in [4.69, 9.17) is 23.2 Å². The summed E-state index contributed by atoms with van der Waals surface area (Å²) >= 11 is 17.1. The number of carbonyl (C=O) groups is 4. The minimum absolute atomic E-state index is 0.0973. The third-order valence-electron chi connectivity index (χ3n) is 7.97. The van der Waals surface area contributed by atoms with Gasteiger partial charge in [-0.2, -0.15) is 0 Å². The molecule has 38 heavy (non-hydrogen) atoms. The van der Waals surface area contributed by atoms with Crippen molar-refractivity contribution in [2.75, 3.05) is 12.0 Å². The normalized spacial score (nSPS) is 34.8. The molecule has 2 saturated heterocycles. The number of halogens is 6. The number of allylic oxidation sites excluding steroid dienone is 2. The van der Waals surface area contributed by atoms with Crippen LogP contribution in [0, 0.1) is 17.8 Å². The van der Waals surface area contributed by atoms with Crippen LogP contribution in [0.2, 0.25) is 0 Å². The van der Waals surface area contributed by atoms with E-state index in [0.717, 1.165) is 28.0 Å². The Morgan fingerprint density at radius 3 is 2.39 bits per heavy atom. The summed E-state index contributed by atoms with van der Waals surface area (Å²) < 4.78 is 43.1. The largest absolute Gasteiger partial charge is 0.573 e. The molecule has 0 aromatic heterocycles. The minimum atomic E-state index is -5.05. The van der Waals surface area contributed by atoms with Crippen molar-refractivity contribution in [2.24, 2.45) is 17.8 Å². The molecule has 1 aromatic carbocycles. The molecule has 2 aliphatic heterocycles. The Balaban J connectivity index is 1.74. The second-order valence-electron chi connectivity index (χ2n) is 9.68. The Labute approximate surface area is 232 Å². The van der Waals surface area contributed by atoms with E-state index in [1.54, 1.807) is 13.0 Å². The number of amides is 4. The van der Waals surface area contributed by atoms with E-state index < -0.39 is 69.0 Å². The van der Waals surface area contributed by atoms with Crippen molar-refractivity contribution >= 4 is 62.8 Å². The van der Waals surface area contributed by atoms with E-state index in [1.807, 2.05) is 0 Å². The first kappa shape index (κ1) is 27.3. The lowest BCUT2D eigenvalue weighted by Crippen LogP contribution is -2.60. The summed E-state index contributed by atoms with van der Waals surface area (Å²) in [4.78, 5) is 50.9. The van der Waals surface area contributed by atoms with Crippen LogP contribution in [0.4, 0.5) is 13.2 Å². The van der Waals surface area contributed by atoms with Gasteiger partial charge in [0, 0.05) is 18.0 Å². The van der Waals surface area contributed by atoms with Gasteiger partial charge < -0.3 is 9.84 Å². The molecule has 1 saturated carbocycles. The summed E-state index contributed by atoms with van der Waals surface area (Å²) in [5.41, 5.74) is -0.156. The molecule has 3 fully saturated rings. The Bertz CT molecular complexity index is 1310. The fourth-order valence-corrected chi connectivity index (χ4v) is 7.85. The molecule has 0 bridgehead atoms. The molecule has 6 atom stereocenters. The molecule has 4 amide bonds. The molecule has 6 unspecified atom stereocenters. The first-order valence-electron chi connectivity index (χ1n) is 11.6. The predicted octanol–water partition coefficient (Wildman–Crippen LogP) is 4.02. The first-order chi connectivity index (χ1) is 17.7. The van der Waals surface area contributed by atoms with Crippen LogP contribution < -0.4 is 4.74 Å². The predicted molar refractivity (Wildman–Crippen MR) is 131 cm³/mol. The molecule has 4 aliphatic rings. The topological polar surface area (TPSA) is 104 Å². The monoisotopic (exact) mass is 638 g/mol. The zero-order valence-corrected chi connectivity index (χ0v) is 22.7. The van der Waals surface area contributed by atoms with Crippen LogP contribution in [-0.4, -0.2) is 66.6 Å². The van der Waals surface area contributed by atoms with Crippen LogP contribution in [0.25, 0.3) is 0 Å². The summed E-state index contributed by atoms with van der Waals surface area (Å²) in [6.07, 6.45) is -3.61. The number of likely N-dealkylation sites (tertiary alicyclic amines) is 2. The van der Waals surface area contributed by atoms with Gasteiger partial charge in [0.05, 0.1) is 17.3 Å². The molecule has 1 aromatic rings. The Morgan fingerprint density at radius 1 is 1.11 bits per heavy atom. The van der Waals surface area contributed by atoms with E-state index in [1.165, 1.54) is 0 Å². The van der Waals surface area contributed by atoms with Gasteiger partial charge in [0.15, 0.2) is 9.75 Å². The van der Waals surface area contributed by atoms with Crippen molar-refractivity contribution in [3.05, 3.63) is 35.4 Å². The molecule has 2 heterocycles. The minimum Gasteiger partial charge on any atom is -0.508 e. The van der Waals surface area contributed by atoms with E-state index in [0.29, 0.717) is 5.57 Å². The standard InChI is InChI=1S/C24H20BrCl2F3N2O6/c1-2-31-18(34)12-5-4-11-14(16(12)19(31)35)8-22(26)20(36)32(9-25)21(37)23(22,27)17(11)13-7-10(3-6-15(13)33)38-24(28,29)30/h3-4,6-7,12,14,16-17,33H,2,5,8-9H2,1H3. The summed E-state index contributed by atoms with van der Waals surface area (Å²) in [6.45, 7) is 1.78. The van der Waals surface area contributed by atoms with Crippen LogP contribution in [0.5, 0.6) is 11.5 Å². The number of fused-ring (bicyclic) bond motifs is 4. The zero-order chi connectivity index (χ0) is 27.9. The number of nitrogens with zero attached hydrogens (tertiary/aromatic N) is 2. The highest BCUT2D eigenvalue weighted by molar-refractivity contribution is 9.09. The van der Waals surface area contributed by atoms with E-state index in [2.05, 4.69) is 20.7 Å². The van der Waals surface area contributed by atoms with Crippen molar-refractivity contribution in [1.29, 1.82) is 0 Å². The fraction of sp³-hybridized carbons (Fsp3) is 0.500. The summed E-state index contributed by atoms with van der Waals surface area (Å²) in [5, 5.41) is 10.8. The lowest BCUT2D eigenvalue weighted by molar-refractivity contribution is -0.274. The average molecular weight is 640 g/mol. The van der Waals surface area contributed by atoms with Gasteiger partial charge in [0.1, 0.15) is 11.5 Å². The molecule has 0 radical (unpaired) electrons. The second kappa shape index (κ2) is 8.85. The summed E-state index contributed by atoms with van der Waals surface area (Å²) in [6, 6.07) is 2.73. The number of imide groups is 2. The van der Waals surface area contributed by atoms with Gasteiger partial charge in [-0.15, -0.1) is 36.4 Å². The van der Waals surface area contributed by atoms with Crippen molar-refractivity contribution in [3.8, 4) is 11.5 Å². The molecule has 14 heteroatoms. The Hall–Kier alpha value is -2.31. The maximum absolute atomic E-state index is 13.6. The number of alkyl halides is 6. The SMILES string of the molecule is CCN1C(=O)C2CC=C3C(CC4(Cl)C(=O)N(CBr)C(=O)C4(Cl)C3c3cc(OC(F)(F)F)ccc3O)C2C1=O. The second-order valence-corrected chi connectivity index (χ2v) is 11.4. The number of hydrogen-bond acceptors (Lipinski definition) is 6. The molecule has 2 aliphatic carbocycles. The lowest BCUT2D eigenvalue weighted by atomic mass is 9.56. The number of ether oxygens (including phenoxy) is 1. The van der Waals surface area contributed by atoms with E-state index in [9.17, 15) is 37.5 Å². The van der Waals surface area contributed by atoms with Gasteiger partial charge in [-0.3, -0.25) is 29.0 Å². The number of rotatable bonds is 4. The van der Waals surface area contributed by atoms with E-state index in [-0.39, 0.29) is 36.3 Å². The van der Waals surface area contributed by atoms with Crippen LogP contribution in [0.15, 0.2) is 29.8 Å². The quantitative estimate of drug-likeness (QED) is 0.231. The van der Waals surface area contributed by atoms with Crippen molar-refractivity contribution in [1.82, 2.24) is 9.80 Å². The molecule has 8 nitrogen and oxygen atoms in total. The van der Waals surface area contributed by atoms with Gasteiger partial charge in [-0.1, -0.05) is 27.6 Å². The molecule has 5 rings (SSSR count). The lowest BCUT2D eigenvalue weighted by Gasteiger charge is -2.50. The van der Waals surface area contributed by atoms with Crippen LogP contribution >= 0.6 is 39.1 Å². The van der Waals surface area contributed by atoms with Gasteiger partial charge in [-0.05, 0) is 43.9 Å². The van der Waals surface area contributed by atoms with Crippen LogP contribution in [0.3, 0.4) is 0 Å². The highest BCUT2D eigenvalue weighted by Crippen LogP contribution is 2.66. The third kappa shape index (κ3) is 3.55. The van der Waals surface area contributed by atoms with Crippen molar-refractivity contribution in [2.45, 2.75) is 41.8 Å². The van der Waals surface area contributed by atoms with Crippen molar-refractivity contribution in [3.63, 3.8) is 0 Å². The van der Waals surface area contributed by atoms with Gasteiger partial charge in [0.2, 0.25) is 11.8 Å². The smallest absolute Gasteiger partial charge is 0.508 e. The average Bonchev–Trinajstić information content (AvgIpc) is 3.17. The number of phenolic OH excluding ortho intramolecular Hbond substituents is 1. The van der Waals surface area contributed by atoms with Crippen LogP contribution in [0.1, 0.15) is 31.2 Å². The summed E-state index contributed by atoms with van der Waals surface area (Å²) in [7, 11) is 0. The molecule has 1 N–H and O–H groups in total. The highest BCUT2D eigenvalue weighted by atomic mass is 79.9. The van der Waals surface area contributed by atoms with E-state index >= 15 is 0 Å². The Morgan fingerprint density at radius 2 is 1.79 bits per heavy atom. The maximum Gasteiger partial charge on any atom is 0.573 e. The Kier molecular flexibility index (Phi) is 6.35.